The Labute approximate surface area is 121 Å². The number of carbonyl (C=O) groups is 1. The first kappa shape index (κ1) is 15.1. The highest BCUT2D eigenvalue weighted by Crippen LogP contribution is 2.21. The van der Waals surface area contributed by atoms with Crippen LogP contribution < -0.4 is 5.69 Å². The van der Waals surface area contributed by atoms with Gasteiger partial charge in [-0.05, 0) is 38.4 Å². The lowest BCUT2D eigenvalue weighted by Gasteiger charge is -2.31. The lowest BCUT2D eigenvalue weighted by molar-refractivity contribution is -0.133. The molecule has 0 spiro atoms. The Kier molecular flexibility index (Phi) is 5.24. The van der Waals surface area contributed by atoms with Crippen LogP contribution in [0.15, 0.2) is 9.95 Å². The molecule has 0 bridgehead atoms. The van der Waals surface area contributed by atoms with E-state index in [1.54, 1.807) is 4.57 Å². The van der Waals surface area contributed by atoms with E-state index in [1.807, 2.05) is 0 Å². The zero-order valence-electron chi connectivity index (χ0n) is 11.5. The van der Waals surface area contributed by atoms with Gasteiger partial charge in [-0.2, -0.15) is 0 Å². The molecule has 8 heteroatoms. The number of carboxylic acids is 1. The van der Waals surface area contributed by atoms with Crippen LogP contribution in [0, 0.1) is 5.92 Å². The first-order valence-corrected chi connectivity index (χ1v) is 7.80. The Bertz CT molecular complexity index is 505. The molecule has 0 saturated carbocycles. The average molecular weight is 300 g/mol. The van der Waals surface area contributed by atoms with Crippen molar-refractivity contribution in [2.24, 2.45) is 5.92 Å². The molecule has 20 heavy (non-hydrogen) atoms. The van der Waals surface area contributed by atoms with E-state index in [9.17, 15) is 9.59 Å². The van der Waals surface area contributed by atoms with Crippen molar-refractivity contribution in [3.63, 3.8) is 0 Å². The van der Waals surface area contributed by atoms with E-state index in [1.165, 1.54) is 0 Å². The van der Waals surface area contributed by atoms with E-state index >= 15 is 0 Å². The third-order valence-electron chi connectivity index (χ3n) is 3.64. The average Bonchev–Trinajstić information content (AvgIpc) is 2.78. The molecule has 0 aliphatic carbocycles. The van der Waals surface area contributed by atoms with E-state index < -0.39 is 5.97 Å². The smallest absolute Gasteiger partial charge is 0.343 e. The largest absolute Gasteiger partial charge is 0.481 e. The van der Waals surface area contributed by atoms with Gasteiger partial charge in [-0.15, -0.1) is 5.10 Å². The summed E-state index contributed by atoms with van der Waals surface area (Å²) < 4.78 is 1.57. The molecule has 2 N–H and O–H groups in total. The van der Waals surface area contributed by atoms with Crippen LogP contribution in [0.5, 0.6) is 0 Å². The van der Waals surface area contributed by atoms with E-state index in [-0.39, 0.29) is 11.4 Å². The van der Waals surface area contributed by atoms with Crippen LogP contribution in [0.2, 0.25) is 0 Å². The van der Waals surface area contributed by atoms with Crippen molar-refractivity contribution < 1.29 is 9.90 Å². The molecule has 0 atom stereocenters. The standard InChI is InChI=1S/C12H20N4O3S/c1-2-15-5-3-9(4-6-15)7-16-11(19)13-14-12(16)20-8-10(17)18/h9H,2-8H2,1H3,(H,13,19)(H,17,18). The van der Waals surface area contributed by atoms with Gasteiger partial charge >= 0.3 is 11.7 Å². The molecule has 2 rings (SSSR count). The number of aromatic nitrogens is 3. The lowest BCUT2D eigenvalue weighted by Crippen LogP contribution is -2.36. The number of likely N-dealkylation sites (tertiary alicyclic amines) is 1. The molecule has 7 nitrogen and oxygen atoms in total. The number of rotatable bonds is 6. The number of hydrogen-bond acceptors (Lipinski definition) is 5. The minimum absolute atomic E-state index is 0.0847. The predicted octanol–water partition coefficient (Wildman–Crippen LogP) is 0.480. The molecule has 1 saturated heterocycles. The first-order valence-electron chi connectivity index (χ1n) is 6.82. The lowest BCUT2D eigenvalue weighted by atomic mass is 9.97. The highest BCUT2D eigenvalue weighted by molar-refractivity contribution is 7.99. The second-order valence-corrected chi connectivity index (χ2v) is 5.92. The minimum atomic E-state index is -0.909. The molecule has 0 unspecified atom stereocenters. The van der Waals surface area contributed by atoms with Crippen LogP contribution in [0.1, 0.15) is 19.8 Å². The summed E-state index contributed by atoms with van der Waals surface area (Å²) in [4.78, 5) is 24.7. The molecule has 0 amide bonds. The zero-order chi connectivity index (χ0) is 14.5. The van der Waals surface area contributed by atoms with Gasteiger partial charge in [-0.3, -0.25) is 9.36 Å². The minimum Gasteiger partial charge on any atom is -0.481 e. The fraction of sp³-hybridized carbons (Fsp3) is 0.750. The van der Waals surface area contributed by atoms with Gasteiger partial charge in [0.15, 0.2) is 5.16 Å². The van der Waals surface area contributed by atoms with E-state index in [0.717, 1.165) is 44.2 Å². The molecular formula is C12H20N4O3S. The van der Waals surface area contributed by atoms with Gasteiger partial charge in [0.05, 0.1) is 5.75 Å². The highest BCUT2D eigenvalue weighted by Gasteiger charge is 2.21. The predicted molar refractivity (Wildman–Crippen MR) is 76.0 cm³/mol. The van der Waals surface area contributed by atoms with Crippen LogP contribution in [0.4, 0.5) is 0 Å². The number of hydrogen-bond donors (Lipinski definition) is 2. The number of carboxylic acid groups (broad SMARTS) is 1. The zero-order valence-corrected chi connectivity index (χ0v) is 12.4. The highest BCUT2D eigenvalue weighted by atomic mass is 32.2. The molecule has 0 radical (unpaired) electrons. The van der Waals surface area contributed by atoms with Gasteiger partial charge in [-0.25, -0.2) is 9.89 Å². The van der Waals surface area contributed by atoms with Crippen molar-refractivity contribution in [1.29, 1.82) is 0 Å². The number of thioether (sulfide) groups is 1. The normalized spacial score (nSPS) is 17.4. The molecule has 1 aromatic heterocycles. The van der Waals surface area contributed by atoms with Gasteiger partial charge in [0.2, 0.25) is 0 Å². The van der Waals surface area contributed by atoms with Crippen molar-refractivity contribution in [1.82, 2.24) is 19.7 Å². The summed E-state index contributed by atoms with van der Waals surface area (Å²) >= 11 is 1.08. The van der Waals surface area contributed by atoms with Gasteiger partial charge in [0, 0.05) is 6.54 Å². The summed E-state index contributed by atoms with van der Waals surface area (Å²) in [6, 6.07) is 0. The fourth-order valence-electron chi connectivity index (χ4n) is 2.44. The molecule has 0 aromatic carbocycles. The van der Waals surface area contributed by atoms with Crippen LogP contribution in [-0.2, 0) is 11.3 Å². The summed E-state index contributed by atoms with van der Waals surface area (Å²) in [7, 11) is 0. The first-order chi connectivity index (χ1) is 9.60. The Balaban J connectivity index is 1.97. The van der Waals surface area contributed by atoms with Crippen molar-refractivity contribution in [2.45, 2.75) is 31.5 Å². The molecule has 1 fully saturated rings. The quantitative estimate of drug-likeness (QED) is 0.743. The summed E-state index contributed by atoms with van der Waals surface area (Å²) in [5.74, 6) is -0.538. The van der Waals surface area contributed by atoms with E-state index in [2.05, 4.69) is 22.0 Å². The van der Waals surface area contributed by atoms with Gasteiger partial charge in [0.25, 0.3) is 0 Å². The third-order valence-corrected chi connectivity index (χ3v) is 4.60. The summed E-state index contributed by atoms with van der Waals surface area (Å²) in [6.45, 7) is 5.96. The maximum atomic E-state index is 11.8. The SMILES string of the molecule is CCN1CCC(Cn2c(SCC(=O)O)n[nH]c2=O)CC1. The number of piperidine rings is 1. The van der Waals surface area contributed by atoms with Crippen molar-refractivity contribution in [3.05, 3.63) is 10.5 Å². The van der Waals surface area contributed by atoms with Gasteiger partial charge in [0.1, 0.15) is 0 Å². The summed E-state index contributed by atoms with van der Waals surface area (Å²) in [5.41, 5.74) is -0.254. The van der Waals surface area contributed by atoms with E-state index in [0.29, 0.717) is 17.6 Å². The van der Waals surface area contributed by atoms with Crippen LogP contribution in [0.3, 0.4) is 0 Å². The maximum absolute atomic E-state index is 11.8. The Morgan fingerprint density at radius 3 is 2.80 bits per heavy atom. The van der Waals surface area contributed by atoms with Crippen LogP contribution in [0.25, 0.3) is 0 Å². The molecule has 1 aliphatic heterocycles. The molecule has 112 valence electrons. The summed E-state index contributed by atoms with van der Waals surface area (Å²) in [6.07, 6.45) is 2.13. The second kappa shape index (κ2) is 6.94. The molecule has 1 aromatic rings. The number of nitrogens with one attached hydrogen (secondary N) is 1. The molecular weight excluding hydrogens is 280 g/mol. The Morgan fingerprint density at radius 2 is 2.20 bits per heavy atom. The summed E-state index contributed by atoms with van der Waals surface area (Å²) in [5, 5.41) is 15.5. The third kappa shape index (κ3) is 3.86. The van der Waals surface area contributed by atoms with Crippen LogP contribution >= 0.6 is 11.8 Å². The molecule has 1 aliphatic rings. The van der Waals surface area contributed by atoms with Gasteiger partial charge in [-0.1, -0.05) is 18.7 Å². The number of aliphatic carboxylic acids is 1. The van der Waals surface area contributed by atoms with Crippen molar-refractivity contribution >= 4 is 17.7 Å². The maximum Gasteiger partial charge on any atom is 0.343 e. The monoisotopic (exact) mass is 300 g/mol. The Hall–Kier alpha value is -1.28. The van der Waals surface area contributed by atoms with Gasteiger partial charge < -0.3 is 10.0 Å². The van der Waals surface area contributed by atoms with Crippen molar-refractivity contribution in [2.75, 3.05) is 25.4 Å². The second-order valence-electron chi connectivity index (χ2n) is 4.98. The number of aromatic amines is 1. The topological polar surface area (TPSA) is 91.2 Å². The van der Waals surface area contributed by atoms with Crippen molar-refractivity contribution in [3.8, 4) is 0 Å². The van der Waals surface area contributed by atoms with E-state index in [4.69, 9.17) is 5.11 Å². The molecule has 2 heterocycles. The van der Waals surface area contributed by atoms with Crippen LogP contribution in [-0.4, -0.2) is 56.1 Å². The fourth-order valence-corrected chi connectivity index (χ4v) is 3.12. The number of H-pyrrole nitrogens is 1. The number of nitrogens with zero attached hydrogens (tertiary/aromatic N) is 3. The Morgan fingerprint density at radius 1 is 1.50 bits per heavy atom.